The Labute approximate surface area is 99.6 Å². The van der Waals surface area contributed by atoms with Crippen molar-refractivity contribution in [3.8, 4) is 0 Å². The Bertz CT molecular complexity index is 321. The van der Waals surface area contributed by atoms with Gasteiger partial charge < -0.3 is 23.4 Å². The monoisotopic (exact) mass is 240 g/mol. The van der Waals surface area contributed by atoms with Gasteiger partial charge in [-0.05, 0) is 6.07 Å². The number of hydrogen-bond donors (Lipinski definition) is 0. The Kier molecular flexibility index (Phi) is 3.42. The van der Waals surface area contributed by atoms with E-state index in [1.165, 1.54) is 0 Å². The molecular formula is C12H16O5. The largest absolute Gasteiger partial charge is 0.467 e. The predicted molar refractivity (Wildman–Crippen MR) is 57.5 cm³/mol. The zero-order valence-electron chi connectivity index (χ0n) is 9.59. The van der Waals surface area contributed by atoms with Crippen molar-refractivity contribution < 1.29 is 23.4 Å². The minimum atomic E-state index is 0.298. The van der Waals surface area contributed by atoms with Crippen LogP contribution in [0, 0.1) is 0 Å². The summed E-state index contributed by atoms with van der Waals surface area (Å²) >= 11 is 0. The number of ether oxygens (including phenoxy) is 4. The van der Waals surface area contributed by atoms with Crippen molar-refractivity contribution in [1.29, 1.82) is 0 Å². The van der Waals surface area contributed by atoms with Crippen molar-refractivity contribution >= 4 is 0 Å². The minimum absolute atomic E-state index is 0.298. The van der Waals surface area contributed by atoms with E-state index in [1.54, 1.807) is 6.26 Å². The number of epoxide rings is 2. The van der Waals surface area contributed by atoms with Crippen LogP contribution in [-0.2, 0) is 32.2 Å². The van der Waals surface area contributed by atoms with Gasteiger partial charge in [-0.1, -0.05) is 0 Å². The quantitative estimate of drug-likeness (QED) is 0.637. The molecule has 3 heterocycles. The molecule has 5 heteroatoms. The molecule has 0 spiro atoms. The van der Waals surface area contributed by atoms with Gasteiger partial charge in [-0.15, -0.1) is 0 Å². The first-order chi connectivity index (χ1) is 8.40. The lowest BCUT2D eigenvalue weighted by atomic mass is 10.3. The van der Waals surface area contributed by atoms with Gasteiger partial charge >= 0.3 is 0 Å². The molecule has 2 aliphatic rings. The van der Waals surface area contributed by atoms with Crippen LogP contribution in [-0.4, -0.2) is 38.6 Å². The summed E-state index contributed by atoms with van der Waals surface area (Å²) in [7, 11) is 0. The molecule has 5 nitrogen and oxygen atoms in total. The van der Waals surface area contributed by atoms with Crippen LogP contribution in [0.3, 0.4) is 0 Å². The lowest BCUT2D eigenvalue weighted by Crippen LogP contribution is -2.01. The van der Waals surface area contributed by atoms with Crippen molar-refractivity contribution in [2.45, 2.75) is 25.4 Å². The molecule has 0 amide bonds. The highest BCUT2D eigenvalue weighted by atomic mass is 16.6. The van der Waals surface area contributed by atoms with Crippen LogP contribution in [0.5, 0.6) is 0 Å². The maximum Gasteiger partial charge on any atom is 0.129 e. The average Bonchev–Trinajstić information content (AvgIpc) is 3.22. The molecule has 2 fully saturated rings. The fourth-order valence-electron chi connectivity index (χ4n) is 1.51. The summed E-state index contributed by atoms with van der Waals surface area (Å²) in [4.78, 5) is 0. The molecule has 2 aliphatic heterocycles. The molecule has 0 saturated carbocycles. The summed E-state index contributed by atoms with van der Waals surface area (Å²) in [6.45, 7) is 4.01. The lowest BCUT2D eigenvalue weighted by Gasteiger charge is -1.98. The second-order valence-electron chi connectivity index (χ2n) is 4.36. The Morgan fingerprint density at radius 2 is 1.71 bits per heavy atom. The van der Waals surface area contributed by atoms with Gasteiger partial charge in [0, 0.05) is 5.56 Å². The predicted octanol–water partition coefficient (Wildman–Crippen LogP) is 1.11. The molecule has 17 heavy (non-hydrogen) atoms. The van der Waals surface area contributed by atoms with E-state index in [4.69, 9.17) is 23.4 Å². The first-order valence-corrected chi connectivity index (χ1v) is 5.85. The van der Waals surface area contributed by atoms with Crippen LogP contribution in [0.2, 0.25) is 0 Å². The van der Waals surface area contributed by atoms with E-state index in [1.807, 2.05) is 6.07 Å². The third-order valence-electron chi connectivity index (χ3n) is 2.63. The standard InChI is InChI=1S/C12H16O5/c1-9(2-13-5-11-7-16-11)3-15-10(1)4-14-6-12-8-17-12/h1,3,11-12H,2,4-8H2. The molecule has 1 aromatic rings. The maximum atomic E-state index is 5.46. The Balaban J connectivity index is 1.34. The molecule has 94 valence electrons. The van der Waals surface area contributed by atoms with Gasteiger partial charge in [0.25, 0.3) is 0 Å². The van der Waals surface area contributed by atoms with Crippen LogP contribution < -0.4 is 0 Å². The van der Waals surface area contributed by atoms with E-state index < -0.39 is 0 Å². The molecule has 0 bridgehead atoms. The summed E-state index contributed by atoms with van der Waals surface area (Å²) < 4.78 is 26.4. The molecule has 0 radical (unpaired) electrons. The van der Waals surface area contributed by atoms with Crippen molar-refractivity contribution in [1.82, 2.24) is 0 Å². The van der Waals surface area contributed by atoms with Gasteiger partial charge in [0.1, 0.15) is 24.6 Å². The Morgan fingerprint density at radius 1 is 1.06 bits per heavy atom. The normalized spacial score (nSPS) is 26.1. The summed E-state index contributed by atoms with van der Waals surface area (Å²) in [5, 5.41) is 0. The average molecular weight is 240 g/mol. The molecule has 0 aromatic carbocycles. The number of rotatable bonds is 8. The summed E-state index contributed by atoms with van der Waals surface area (Å²) in [5.74, 6) is 0.826. The van der Waals surface area contributed by atoms with E-state index in [-0.39, 0.29) is 0 Å². The van der Waals surface area contributed by atoms with E-state index in [0.29, 0.717) is 38.6 Å². The molecule has 0 aliphatic carbocycles. The number of hydrogen-bond acceptors (Lipinski definition) is 5. The second kappa shape index (κ2) is 5.18. The van der Waals surface area contributed by atoms with E-state index in [2.05, 4.69) is 0 Å². The Hall–Kier alpha value is -0.880. The zero-order chi connectivity index (χ0) is 11.5. The van der Waals surface area contributed by atoms with Crippen molar-refractivity contribution in [2.24, 2.45) is 0 Å². The van der Waals surface area contributed by atoms with Crippen LogP contribution in [0.4, 0.5) is 0 Å². The van der Waals surface area contributed by atoms with E-state index in [9.17, 15) is 0 Å². The highest BCUT2D eigenvalue weighted by Crippen LogP contribution is 2.14. The van der Waals surface area contributed by atoms with E-state index in [0.717, 1.165) is 24.5 Å². The van der Waals surface area contributed by atoms with Crippen LogP contribution in [0.25, 0.3) is 0 Å². The fraction of sp³-hybridized carbons (Fsp3) is 0.667. The van der Waals surface area contributed by atoms with Crippen molar-refractivity contribution in [2.75, 3.05) is 26.4 Å². The van der Waals surface area contributed by atoms with Gasteiger partial charge in [0.15, 0.2) is 0 Å². The van der Waals surface area contributed by atoms with Gasteiger partial charge in [-0.2, -0.15) is 0 Å². The van der Waals surface area contributed by atoms with E-state index >= 15 is 0 Å². The topological polar surface area (TPSA) is 56.7 Å². The molecule has 2 unspecified atom stereocenters. The highest BCUT2D eigenvalue weighted by Gasteiger charge is 2.23. The molecule has 3 rings (SSSR count). The van der Waals surface area contributed by atoms with Gasteiger partial charge in [0.05, 0.1) is 39.3 Å². The highest BCUT2D eigenvalue weighted by molar-refractivity contribution is 5.11. The zero-order valence-corrected chi connectivity index (χ0v) is 9.59. The van der Waals surface area contributed by atoms with Crippen molar-refractivity contribution in [3.63, 3.8) is 0 Å². The van der Waals surface area contributed by atoms with Crippen LogP contribution in [0.1, 0.15) is 11.3 Å². The van der Waals surface area contributed by atoms with Gasteiger partial charge in [-0.3, -0.25) is 0 Å². The summed E-state index contributed by atoms with van der Waals surface area (Å²) in [6, 6.07) is 1.96. The summed E-state index contributed by atoms with van der Waals surface area (Å²) in [6.07, 6.45) is 2.31. The third-order valence-corrected chi connectivity index (χ3v) is 2.63. The smallest absolute Gasteiger partial charge is 0.129 e. The van der Waals surface area contributed by atoms with Gasteiger partial charge in [0.2, 0.25) is 0 Å². The molecule has 1 aromatic heterocycles. The van der Waals surface area contributed by atoms with Crippen LogP contribution >= 0.6 is 0 Å². The SMILES string of the molecule is c1oc(COCC2CO2)cc1COCC1CO1. The fourth-order valence-corrected chi connectivity index (χ4v) is 1.51. The minimum Gasteiger partial charge on any atom is -0.467 e. The van der Waals surface area contributed by atoms with Crippen LogP contribution in [0.15, 0.2) is 16.7 Å². The Morgan fingerprint density at radius 3 is 2.35 bits per heavy atom. The van der Waals surface area contributed by atoms with Crippen molar-refractivity contribution in [3.05, 3.63) is 23.7 Å². The molecule has 2 saturated heterocycles. The first-order valence-electron chi connectivity index (χ1n) is 5.85. The summed E-state index contributed by atoms with van der Waals surface area (Å²) in [5.41, 5.74) is 1.03. The lowest BCUT2D eigenvalue weighted by molar-refractivity contribution is 0.0913. The molecule has 2 atom stereocenters. The molecule has 0 N–H and O–H groups in total. The maximum absolute atomic E-state index is 5.46. The first kappa shape index (κ1) is 11.2. The second-order valence-corrected chi connectivity index (χ2v) is 4.36. The molecular weight excluding hydrogens is 224 g/mol. The number of furan rings is 1. The third kappa shape index (κ3) is 3.81. The van der Waals surface area contributed by atoms with Gasteiger partial charge in [-0.25, -0.2) is 0 Å².